The molecule has 3 heteroatoms. The molecule has 0 saturated carbocycles. The second-order valence-corrected chi connectivity index (χ2v) is 6.06. The van der Waals surface area contributed by atoms with Crippen LogP contribution in [0.3, 0.4) is 0 Å². The van der Waals surface area contributed by atoms with Gasteiger partial charge in [-0.1, -0.05) is 26.2 Å². The maximum atomic E-state index is 12.9. The molecule has 2 heterocycles. The van der Waals surface area contributed by atoms with Crippen LogP contribution in [0.15, 0.2) is 0 Å². The van der Waals surface area contributed by atoms with Crippen molar-refractivity contribution in [2.45, 2.75) is 76.8 Å². The number of rotatable bonds is 3. The average Bonchev–Trinajstić information content (AvgIpc) is 2.73. The summed E-state index contributed by atoms with van der Waals surface area (Å²) in [5.74, 6) is 0.385. The minimum Gasteiger partial charge on any atom is -0.338 e. The van der Waals surface area contributed by atoms with E-state index < -0.39 is 0 Å². The topological polar surface area (TPSA) is 32.3 Å². The molecule has 0 aromatic heterocycles. The maximum absolute atomic E-state index is 12.9. The van der Waals surface area contributed by atoms with Crippen molar-refractivity contribution < 1.29 is 4.79 Å². The lowest BCUT2D eigenvalue weighted by Gasteiger charge is -2.37. The van der Waals surface area contributed by atoms with Crippen molar-refractivity contribution in [1.29, 1.82) is 0 Å². The standard InChI is InChI=1S/C15H28N2O/c1-3-9-15(10-7-11-16-15)14(18)17-12-6-4-5-8-13(17)2/h13,16H,3-12H2,1-2H3. The molecule has 2 saturated heterocycles. The van der Waals surface area contributed by atoms with Crippen LogP contribution in [0.1, 0.15) is 65.2 Å². The third kappa shape index (κ3) is 2.71. The van der Waals surface area contributed by atoms with Crippen LogP contribution in [0.25, 0.3) is 0 Å². The van der Waals surface area contributed by atoms with Gasteiger partial charge in [0.05, 0.1) is 5.54 Å². The molecule has 1 N–H and O–H groups in total. The molecule has 1 amide bonds. The first-order chi connectivity index (χ1) is 8.69. The molecule has 0 aromatic rings. The molecule has 2 atom stereocenters. The zero-order chi connectivity index (χ0) is 13.0. The van der Waals surface area contributed by atoms with Crippen LogP contribution in [-0.2, 0) is 4.79 Å². The molecule has 104 valence electrons. The predicted octanol–water partition coefficient (Wildman–Crippen LogP) is 2.70. The highest BCUT2D eigenvalue weighted by Gasteiger charge is 2.43. The minimum absolute atomic E-state index is 0.229. The molecule has 2 aliphatic rings. The number of carbonyl (C=O) groups excluding carboxylic acids is 1. The lowest BCUT2D eigenvalue weighted by atomic mass is 9.89. The molecule has 2 unspecified atom stereocenters. The van der Waals surface area contributed by atoms with Crippen molar-refractivity contribution in [1.82, 2.24) is 10.2 Å². The van der Waals surface area contributed by atoms with E-state index in [-0.39, 0.29) is 5.54 Å². The van der Waals surface area contributed by atoms with Crippen molar-refractivity contribution in [3.05, 3.63) is 0 Å². The molecule has 2 fully saturated rings. The Morgan fingerprint density at radius 2 is 2.17 bits per heavy atom. The van der Waals surface area contributed by atoms with Gasteiger partial charge in [0.15, 0.2) is 0 Å². The van der Waals surface area contributed by atoms with Crippen LogP contribution in [-0.4, -0.2) is 35.5 Å². The van der Waals surface area contributed by atoms with Crippen molar-refractivity contribution in [2.24, 2.45) is 0 Å². The fourth-order valence-corrected chi connectivity index (χ4v) is 3.59. The number of nitrogens with zero attached hydrogens (tertiary/aromatic N) is 1. The van der Waals surface area contributed by atoms with Crippen molar-refractivity contribution >= 4 is 5.91 Å². The predicted molar refractivity (Wildman–Crippen MR) is 74.5 cm³/mol. The normalized spacial score (nSPS) is 33.4. The van der Waals surface area contributed by atoms with Crippen LogP contribution in [0.2, 0.25) is 0 Å². The van der Waals surface area contributed by atoms with Gasteiger partial charge in [-0.25, -0.2) is 0 Å². The monoisotopic (exact) mass is 252 g/mol. The largest absolute Gasteiger partial charge is 0.338 e. The number of amides is 1. The van der Waals surface area contributed by atoms with E-state index in [0.717, 1.165) is 38.8 Å². The van der Waals surface area contributed by atoms with Gasteiger partial charge < -0.3 is 10.2 Å². The molecule has 0 spiro atoms. The highest BCUT2D eigenvalue weighted by atomic mass is 16.2. The van der Waals surface area contributed by atoms with E-state index in [4.69, 9.17) is 0 Å². The summed E-state index contributed by atoms with van der Waals surface area (Å²) in [4.78, 5) is 15.1. The van der Waals surface area contributed by atoms with Crippen LogP contribution in [0, 0.1) is 0 Å². The molecule has 2 rings (SSSR count). The summed E-state index contributed by atoms with van der Waals surface area (Å²) >= 11 is 0. The fourth-order valence-electron chi connectivity index (χ4n) is 3.59. The van der Waals surface area contributed by atoms with Crippen LogP contribution in [0.5, 0.6) is 0 Å². The molecule has 0 radical (unpaired) electrons. The van der Waals surface area contributed by atoms with E-state index >= 15 is 0 Å². The van der Waals surface area contributed by atoms with Gasteiger partial charge >= 0.3 is 0 Å². The summed E-state index contributed by atoms with van der Waals surface area (Å²) < 4.78 is 0. The van der Waals surface area contributed by atoms with Crippen LogP contribution >= 0.6 is 0 Å². The Hall–Kier alpha value is -0.570. The fraction of sp³-hybridized carbons (Fsp3) is 0.933. The zero-order valence-electron chi connectivity index (χ0n) is 12.0. The second kappa shape index (κ2) is 6.05. The van der Waals surface area contributed by atoms with Crippen molar-refractivity contribution in [2.75, 3.05) is 13.1 Å². The van der Waals surface area contributed by atoms with Crippen LogP contribution < -0.4 is 5.32 Å². The number of nitrogens with one attached hydrogen (secondary N) is 1. The number of carbonyl (C=O) groups is 1. The molecule has 0 aliphatic carbocycles. The third-order valence-electron chi connectivity index (χ3n) is 4.64. The molecule has 3 nitrogen and oxygen atoms in total. The van der Waals surface area contributed by atoms with Gasteiger partial charge in [-0.2, -0.15) is 0 Å². The third-order valence-corrected chi connectivity index (χ3v) is 4.64. The summed E-state index contributed by atoms with van der Waals surface area (Å²) in [6.07, 6.45) is 9.17. The first-order valence-corrected chi connectivity index (χ1v) is 7.76. The Balaban J connectivity index is 2.11. The quantitative estimate of drug-likeness (QED) is 0.837. The van der Waals surface area contributed by atoms with Gasteiger partial charge in [0, 0.05) is 12.6 Å². The van der Waals surface area contributed by atoms with Gasteiger partial charge in [-0.3, -0.25) is 4.79 Å². The maximum Gasteiger partial charge on any atom is 0.243 e. The molecule has 0 bridgehead atoms. The summed E-state index contributed by atoms with van der Waals surface area (Å²) in [5.41, 5.74) is -0.229. The minimum atomic E-state index is -0.229. The van der Waals surface area contributed by atoms with E-state index in [2.05, 4.69) is 24.1 Å². The number of hydrogen-bond acceptors (Lipinski definition) is 2. The lowest BCUT2D eigenvalue weighted by Crippen LogP contribution is -2.56. The van der Waals surface area contributed by atoms with Crippen LogP contribution in [0.4, 0.5) is 0 Å². The Morgan fingerprint density at radius 1 is 1.33 bits per heavy atom. The summed E-state index contributed by atoms with van der Waals surface area (Å²) in [6, 6.07) is 0.427. The Labute approximate surface area is 111 Å². The van der Waals surface area contributed by atoms with Gasteiger partial charge in [-0.15, -0.1) is 0 Å². The Morgan fingerprint density at radius 3 is 2.83 bits per heavy atom. The van der Waals surface area contributed by atoms with Gasteiger partial charge in [0.25, 0.3) is 0 Å². The molecular formula is C15H28N2O. The summed E-state index contributed by atoms with van der Waals surface area (Å²) in [7, 11) is 0. The first-order valence-electron chi connectivity index (χ1n) is 7.76. The summed E-state index contributed by atoms with van der Waals surface area (Å²) in [6.45, 7) is 6.37. The number of likely N-dealkylation sites (tertiary alicyclic amines) is 1. The average molecular weight is 252 g/mol. The van der Waals surface area contributed by atoms with E-state index in [1.807, 2.05) is 0 Å². The van der Waals surface area contributed by atoms with Crippen molar-refractivity contribution in [3.63, 3.8) is 0 Å². The number of hydrogen-bond donors (Lipinski definition) is 1. The van der Waals surface area contributed by atoms with Crippen molar-refractivity contribution in [3.8, 4) is 0 Å². The van der Waals surface area contributed by atoms with E-state index in [9.17, 15) is 4.79 Å². The van der Waals surface area contributed by atoms with Gasteiger partial charge in [0.2, 0.25) is 5.91 Å². The summed E-state index contributed by atoms with van der Waals surface area (Å²) in [5, 5.41) is 3.52. The van der Waals surface area contributed by atoms with E-state index in [1.54, 1.807) is 0 Å². The smallest absolute Gasteiger partial charge is 0.243 e. The highest BCUT2D eigenvalue weighted by Crippen LogP contribution is 2.29. The second-order valence-electron chi connectivity index (χ2n) is 6.06. The Kier molecular flexibility index (Phi) is 4.66. The zero-order valence-corrected chi connectivity index (χ0v) is 12.0. The molecule has 18 heavy (non-hydrogen) atoms. The molecule has 0 aromatic carbocycles. The first kappa shape index (κ1) is 13.9. The van der Waals surface area contributed by atoms with Gasteiger partial charge in [-0.05, 0) is 45.6 Å². The lowest BCUT2D eigenvalue weighted by molar-refractivity contribution is -0.140. The SMILES string of the molecule is CCCC1(C(=O)N2CCCCCC2C)CCCN1. The van der Waals surface area contributed by atoms with Gasteiger partial charge in [0.1, 0.15) is 0 Å². The highest BCUT2D eigenvalue weighted by molar-refractivity contribution is 5.87. The molecular weight excluding hydrogens is 224 g/mol. The van der Waals surface area contributed by atoms with E-state index in [0.29, 0.717) is 11.9 Å². The Bertz CT molecular complexity index is 284. The van der Waals surface area contributed by atoms with E-state index in [1.165, 1.54) is 25.7 Å². The molecule has 2 aliphatic heterocycles.